The predicted molar refractivity (Wildman–Crippen MR) is 121 cm³/mol. The number of aromatic nitrogens is 5. The minimum absolute atomic E-state index is 0.169. The number of nitrogens with two attached hydrogens (primary N) is 1. The molecular formula is C22H22N10+2. The van der Waals surface area contributed by atoms with E-state index in [9.17, 15) is 5.26 Å². The van der Waals surface area contributed by atoms with Crippen molar-refractivity contribution in [1.29, 1.82) is 5.26 Å². The number of nitrogen functional groups attached to an aromatic ring is 1. The van der Waals surface area contributed by atoms with Crippen LogP contribution in [0.15, 0.2) is 35.8 Å². The number of hydrogen-bond donors (Lipinski definition) is 2. The molecule has 1 aliphatic carbocycles. The highest BCUT2D eigenvalue weighted by atomic mass is 15.4. The summed E-state index contributed by atoms with van der Waals surface area (Å²) in [4.78, 5) is 8.76. The van der Waals surface area contributed by atoms with Gasteiger partial charge in [0.1, 0.15) is 23.4 Å². The molecule has 0 aromatic carbocycles. The van der Waals surface area contributed by atoms with Gasteiger partial charge in [0.25, 0.3) is 12.6 Å². The molecule has 1 aliphatic heterocycles. The van der Waals surface area contributed by atoms with Crippen LogP contribution in [0.3, 0.4) is 0 Å². The van der Waals surface area contributed by atoms with Crippen LogP contribution in [0.2, 0.25) is 0 Å². The fraction of sp³-hybridized carbons (Fsp3) is 0.318. The van der Waals surface area contributed by atoms with Crippen molar-refractivity contribution in [1.82, 2.24) is 24.8 Å². The molecular weight excluding hydrogens is 404 g/mol. The zero-order valence-corrected chi connectivity index (χ0v) is 17.4. The Morgan fingerprint density at radius 2 is 2.28 bits per heavy atom. The fourth-order valence-corrected chi connectivity index (χ4v) is 4.38. The van der Waals surface area contributed by atoms with Gasteiger partial charge in [-0.05, 0) is 24.0 Å². The molecule has 10 heteroatoms. The molecule has 1 fully saturated rings. The van der Waals surface area contributed by atoms with Crippen molar-refractivity contribution in [3.63, 3.8) is 0 Å². The summed E-state index contributed by atoms with van der Waals surface area (Å²) in [5.74, 6) is 0.395. The maximum Gasteiger partial charge on any atom is 0.272 e. The number of allylic oxidation sites excluding steroid dienone is 1. The first-order valence-corrected chi connectivity index (χ1v) is 10.4. The SMILES string of the molecule is C#[N+]C1CCC(/C=[N+]2/C=C(c3nc(-c4cc(N)n[nH]4)cn4nccc34)C=N2)(CC#N)CC1. The van der Waals surface area contributed by atoms with E-state index in [1.54, 1.807) is 27.7 Å². The number of nitrogens with zero attached hydrogens (tertiary/aromatic N) is 8. The highest BCUT2D eigenvalue weighted by Crippen LogP contribution is 2.39. The Labute approximate surface area is 184 Å². The Hall–Kier alpha value is -4.31. The van der Waals surface area contributed by atoms with Gasteiger partial charge in [0.05, 0.1) is 47.1 Å². The summed E-state index contributed by atoms with van der Waals surface area (Å²) in [6.07, 6.45) is 13.2. The summed E-state index contributed by atoms with van der Waals surface area (Å²) < 4.78 is 3.56. The fourth-order valence-electron chi connectivity index (χ4n) is 4.38. The third-order valence-corrected chi connectivity index (χ3v) is 6.14. The minimum Gasteiger partial charge on any atom is -0.382 e. The molecule has 3 aromatic rings. The summed E-state index contributed by atoms with van der Waals surface area (Å²) >= 11 is 0. The molecule has 0 radical (unpaired) electrons. The maximum absolute atomic E-state index is 9.42. The van der Waals surface area contributed by atoms with Gasteiger partial charge in [0, 0.05) is 18.9 Å². The molecule has 10 nitrogen and oxygen atoms in total. The van der Waals surface area contributed by atoms with E-state index in [2.05, 4.69) is 37.5 Å². The highest BCUT2D eigenvalue weighted by Gasteiger charge is 2.41. The molecule has 0 unspecified atom stereocenters. The van der Waals surface area contributed by atoms with Gasteiger partial charge in [-0.25, -0.2) is 9.50 Å². The van der Waals surface area contributed by atoms with E-state index in [-0.39, 0.29) is 11.5 Å². The number of aromatic amines is 1. The van der Waals surface area contributed by atoms with Crippen LogP contribution < -0.4 is 5.73 Å². The molecule has 1 saturated carbocycles. The van der Waals surface area contributed by atoms with E-state index in [4.69, 9.17) is 17.3 Å². The van der Waals surface area contributed by atoms with Gasteiger partial charge in [-0.15, -0.1) is 0 Å². The molecule has 2 aliphatic rings. The lowest BCUT2D eigenvalue weighted by Gasteiger charge is -2.28. The number of rotatable bonds is 4. The number of fused-ring (bicyclic) bond motifs is 1. The summed E-state index contributed by atoms with van der Waals surface area (Å²) in [5.41, 5.74) is 9.34. The molecule has 3 N–H and O–H groups in total. The zero-order valence-electron chi connectivity index (χ0n) is 17.4. The average molecular weight is 426 g/mol. The molecule has 0 amide bonds. The van der Waals surface area contributed by atoms with Crippen LogP contribution in [0.5, 0.6) is 0 Å². The van der Waals surface area contributed by atoms with Gasteiger partial charge in [0.2, 0.25) is 6.20 Å². The summed E-state index contributed by atoms with van der Waals surface area (Å²) in [5, 5.41) is 25.2. The lowest BCUT2D eigenvalue weighted by atomic mass is 9.71. The van der Waals surface area contributed by atoms with Gasteiger partial charge >= 0.3 is 0 Å². The van der Waals surface area contributed by atoms with Gasteiger partial charge < -0.3 is 5.73 Å². The first kappa shape index (κ1) is 19.6. The van der Waals surface area contributed by atoms with E-state index < -0.39 is 0 Å². The first-order valence-electron chi connectivity index (χ1n) is 10.4. The average Bonchev–Trinajstić information content (AvgIpc) is 3.55. The van der Waals surface area contributed by atoms with Crippen molar-refractivity contribution in [3.8, 4) is 24.0 Å². The van der Waals surface area contributed by atoms with Gasteiger partial charge in [-0.2, -0.15) is 15.5 Å². The van der Waals surface area contributed by atoms with Crippen LogP contribution in [0.4, 0.5) is 5.82 Å². The number of H-pyrrole nitrogens is 1. The number of nitrogens with one attached hydrogen (secondary N) is 1. The van der Waals surface area contributed by atoms with Crippen LogP contribution in [0.1, 0.15) is 37.8 Å². The Bertz CT molecular complexity index is 1350. The largest absolute Gasteiger partial charge is 0.382 e. The second-order valence-electron chi connectivity index (χ2n) is 8.26. The monoisotopic (exact) mass is 426 g/mol. The van der Waals surface area contributed by atoms with E-state index in [1.165, 1.54) is 0 Å². The molecule has 0 spiro atoms. The van der Waals surface area contributed by atoms with Crippen molar-refractivity contribution >= 4 is 29.3 Å². The van der Waals surface area contributed by atoms with Crippen LogP contribution >= 0.6 is 0 Å². The molecule has 3 aromatic heterocycles. The van der Waals surface area contributed by atoms with E-state index in [0.29, 0.717) is 23.6 Å². The third-order valence-electron chi connectivity index (χ3n) is 6.14. The van der Waals surface area contributed by atoms with E-state index >= 15 is 0 Å². The lowest BCUT2D eigenvalue weighted by Crippen LogP contribution is -2.32. The molecule has 4 heterocycles. The Kier molecular flexibility index (Phi) is 4.75. The quantitative estimate of drug-likeness (QED) is 0.620. The number of hydrogen-bond acceptors (Lipinski definition) is 6. The topological polar surface area (TPSA) is 128 Å². The Morgan fingerprint density at radius 3 is 3.00 bits per heavy atom. The van der Waals surface area contributed by atoms with Gasteiger partial charge in [-0.1, -0.05) is 9.53 Å². The van der Waals surface area contributed by atoms with Crippen LogP contribution in [0, 0.1) is 23.3 Å². The van der Waals surface area contributed by atoms with Crippen LogP contribution in [-0.4, -0.2) is 48.0 Å². The van der Waals surface area contributed by atoms with E-state index in [0.717, 1.165) is 42.5 Å². The van der Waals surface area contributed by atoms with E-state index in [1.807, 2.05) is 18.5 Å². The molecule has 5 rings (SSSR count). The smallest absolute Gasteiger partial charge is 0.272 e. The van der Waals surface area contributed by atoms with Crippen molar-refractivity contribution < 1.29 is 4.68 Å². The van der Waals surface area contributed by atoms with Crippen molar-refractivity contribution in [2.75, 3.05) is 5.73 Å². The third kappa shape index (κ3) is 3.52. The summed E-state index contributed by atoms with van der Waals surface area (Å²) in [6, 6.07) is 6.15. The first-order chi connectivity index (χ1) is 15.6. The normalized spacial score (nSPS) is 23.9. The molecule has 158 valence electrons. The van der Waals surface area contributed by atoms with Gasteiger partial charge in [-0.3, -0.25) is 5.10 Å². The summed E-state index contributed by atoms with van der Waals surface area (Å²) in [6.45, 7) is 5.48. The summed E-state index contributed by atoms with van der Waals surface area (Å²) in [7, 11) is 0. The second-order valence-corrected chi connectivity index (χ2v) is 8.26. The van der Waals surface area contributed by atoms with Gasteiger partial charge in [0.15, 0.2) is 6.21 Å². The van der Waals surface area contributed by atoms with Crippen molar-refractivity contribution in [2.45, 2.75) is 38.1 Å². The minimum atomic E-state index is -0.242. The number of nitriles is 1. The lowest BCUT2D eigenvalue weighted by molar-refractivity contribution is -0.456. The number of anilines is 1. The zero-order chi connectivity index (χ0) is 22.1. The maximum atomic E-state index is 9.42. The van der Waals surface area contributed by atoms with Crippen LogP contribution in [-0.2, 0) is 0 Å². The second kappa shape index (κ2) is 7.75. The molecule has 32 heavy (non-hydrogen) atoms. The van der Waals surface area contributed by atoms with Crippen LogP contribution in [0.25, 0.3) is 27.3 Å². The molecule has 0 atom stereocenters. The Balaban J connectivity index is 1.52. The molecule has 0 saturated heterocycles. The van der Waals surface area contributed by atoms with Crippen molar-refractivity contribution in [3.05, 3.63) is 41.3 Å². The standard InChI is InChI=1S/C22H22N10/c1-25-16-2-5-22(6-3-16,7-8-23)14-31-12-15(11-27-31)21-19-4-9-26-32(19)13-18(28-21)17-10-20(24)30-29-17/h1,4,9-14,16H,2-3,5-7H2,(H3,24,29,30)/q+2/b31-14-. The Morgan fingerprint density at radius 1 is 1.44 bits per heavy atom. The highest BCUT2D eigenvalue weighted by molar-refractivity contribution is 6.12. The van der Waals surface area contributed by atoms with Crippen molar-refractivity contribution in [2.24, 2.45) is 10.5 Å². The predicted octanol–water partition coefficient (Wildman–Crippen LogP) is 2.93. The molecule has 0 bridgehead atoms. The number of hydrazone groups is 1.